The van der Waals surface area contributed by atoms with E-state index in [0.717, 1.165) is 21.7 Å². The maximum Gasteiger partial charge on any atom is 0.0844 e. The summed E-state index contributed by atoms with van der Waals surface area (Å²) in [7, 11) is 1.02. The molecule has 1 unspecified atom stereocenters. The molecule has 1 saturated heterocycles. The number of hydrogen-bond acceptors (Lipinski definition) is 3. The van der Waals surface area contributed by atoms with Crippen LogP contribution in [0.4, 0.5) is 5.69 Å². The molecule has 4 heteroatoms. The number of hydrogen-bond donors (Lipinski definition) is 0. The average molecular weight is 392 g/mol. The lowest BCUT2D eigenvalue weighted by Gasteiger charge is -2.42. The SMILES string of the molecule is CCCN(c1cc(C#CC(C)(C)C)sc1C)C1CCC2(CC1)OCCP2. The highest BCUT2D eigenvalue weighted by molar-refractivity contribution is 7.40. The summed E-state index contributed by atoms with van der Waals surface area (Å²) < 4.78 is 6.14. The van der Waals surface area contributed by atoms with E-state index in [1.165, 1.54) is 53.7 Å². The molecule has 144 valence electrons. The van der Waals surface area contributed by atoms with Gasteiger partial charge in [0.2, 0.25) is 0 Å². The van der Waals surface area contributed by atoms with Crippen LogP contribution >= 0.6 is 19.9 Å². The van der Waals surface area contributed by atoms with Crippen LogP contribution < -0.4 is 4.90 Å². The van der Waals surface area contributed by atoms with Crippen molar-refractivity contribution in [2.45, 2.75) is 78.1 Å². The molecular weight excluding hydrogens is 357 g/mol. The average Bonchev–Trinajstić information content (AvgIpc) is 3.18. The predicted molar refractivity (Wildman–Crippen MR) is 117 cm³/mol. The van der Waals surface area contributed by atoms with Gasteiger partial charge >= 0.3 is 0 Å². The van der Waals surface area contributed by atoms with Crippen molar-refractivity contribution in [3.05, 3.63) is 15.8 Å². The Hall–Kier alpha value is -0.550. The number of rotatable bonds is 4. The largest absolute Gasteiger partial charge is 0.370 e. The second-order valence-electron chi connectivity index (χ2n) is 8.75. The van der Waals surface area contributed by atoms with Gasteiger partial charge in [-0.3, -0.25) is 0 Å². The van der Waals surface area contributed by atoms with Crippen LogP contribution in [0.5, 0.6) is 0 Å². The molecule has 1 saturated carbocycles. The minimum atomic E-state index is 0.0565. The van der Waals surface area contributed by atoms with Crippen molar-refractivity contribution < 1.29 is 4.74 Å². The minimum absolute atomic E-state index is 0.0565. The highest BCUT2D eigenvalue weighted by Gasteiger charge is 2.40. The second-order valence-corrected chi connectivity index (χ2v) is 11.8. The fourth-order valence-electron chi connectivity index (χ4n) is 4.09. The summed E-state index contributed by atoms with van der Waals surface area (Å²) in [5, 5.41) is 0.251. The zero-order valence-corrected chi connectivity index (χ0v) is 18.9. The van der Waals surface area contributed by atoms with Crippen LogP contribution in [0.1, 0.15) is 69.6 Å². The van der Waals surface area contributed by atoms with Crippen molar-refractivity contribution in [2.75, 3.05) is 24.2 Å². The van der Waals surface area contributed by atoms with Gasteiger partial charge in [0.05, 0.1) is 22.5 Å². The number of thiophene rings is 1. The maximum atomic E-state index is 6.14. The standard InChI is InChI=1S/C22H34NOPS/c1-6-13-23(18-7-11-22(12-8-18)24-14-15-25-22)20-16-19(26-17(20)2)9-10-21(3,4)5/h16,18,25H,6-8,11-15H2,1-5H3. The zero-order valence-electron chi connectivity index (χ0n) is 17.1. The van der Waals surface area contributed by atoms with Crippen LogP contribution in [0.25, 0.3) is 0 Å². The fourth-order valence-corrected chi connectivity index (χ4v) is 6.48. The molecule has 2 nitrogen and oxygen atoms in total. The molecule has 0 radical (unpaired) electrons. The first-order valence-corrected chi connectivity index (χ1v) is 12.1. The molecule has 0 aromatic carbocycles. The van der Waals surface area contributed by atoms with Gasteiger partial charge < -0.3 is 9.64 Å². The smallest absolute Gasteiger partial charge is 0.0844 e. The summed E-state index contributed by atoms with van der Waals surface area (Å²) in [6.07, 6.45) is 7.50. The predicted octanol–water partition coefficient (Wildman–Crippen LogP) is 6.02. The van der Waals surface area contributed by atoms with E-state index < -0.39 is 0 Å². The van der Waals surface area contributed by atoms with E-state index in [-0.39, 0.29) is 10.8 Å². The molecule has 2 heterocycles. The molecule has 2 fully saturated rings. The van der Waals surface area contributed by atoms with Gasteiger partial charge in [0.25, 0.3) is 0 Å². The summed E-state index contributed by atoms with van der Waals surface area (Å²) in [6.45, 7) is 13.2. The van der Waals surface area contributed by atoms with E-state index in [0.29, 0.717) is 6.04 Å². The molecule has 0 bridgehead atoms. The Kier molecular flexibility index (Phi) is 6.38. The first-order valence-electron chi connectivity index (χ1n) is 10.1. The lowest BCUT2D eigenvalue weighted by molar-refractivity contribution is 0.0179. The van der Waals surface area contributed by atoms with Crippen molar-refractivity contribution in [1.29, 1.82) is 0 Å². The molecule has 3 rings (SSSR count). The highest BCUT2D eigenvalue weighted by Crippen LogP contribution is 2.50. The summed E-state index contributed by atoms with van der Waals surface area (Å²) in [4.78, 5) is 5.30. The Morgan fingerprint density at radius 1 is 1.35 bits per heavy atom. The van der Waals surface area contributed by atoms with Gasteiger partial charge in [0.15, 0.2) is 0 Å². The third kappa shape index (κ3) is 4.83. The zero-order chi connectivity index (χ0) is 18.8. The van der Waals surface area contributed by atoms with Crippen LogP contribution in [0, 0.1) is 24.2 Å². The Morgan fingerprint density at radius 3 is 2.65 bits per heavy atom. The third-order valence-electron chi connectivity index (χ3n) is 5.36. The molecule has 1 aromatic heterocycles. The highest BCUT2D eigenvalue weighted by atomic mass is 32.1. The Bertz CT molecular complexity index is 663. The van der Waals surface area contributed by atoms with E-state index in [2.05, 4.69) is 57.4 Å². The summed E-state index contributed by atoms with van der Waals surface area (Å²) in [5.41, 5.74) is 1.48. The van der Waals surface area contributed by atoms with Crippen LogP contribution in [0.3, 0.4) is 0 Å². The van der Waals surface area contributed by atoms with Crippen molar-refractivity contribution >= 4 is 25.6 Å². The van der Waals surface area contributed by atoms with Crippen molar-refractivity contribution in [3.63, 3.8) is 0 Å². The fraction of sp³-hybridized carbons (Fsp3) is 0.727. The van der Waals surface area contributed by atoms with Gasteiger partial charge in [-0.2, -0.15) is 0 Å². The van der Waals surface area contributed by atoms with Gasteiger partial charge in [-0.15, -0.1) is 11.3 Å². The number of ether oxygens (including phenoxy) is 1. The molecule has 1 aliphatic heterocycles. The van der Waals surface area contributed by atoms with Crippen LogP contribution in [0.2, 0.25) is 0 Å². The van der Waals surface area contributed by atoms with E-state index in [9.17, 15) is 0 Å². The van der Waals surface area contributed by atoms with E-state index in [1.54, 1.807) is 0 Å². The molecule has 1 aliphatic carbocycles. The molecule has 0 N–H and O–H groups in total. The first kappa shape index (κ1) is 20.2. The molecule has 1 atom stereocenters. The maximum absolute atomic E-state index is 6.14. The quantitative estimate of drug-likeness (QED) is 0.460. The third-order valence-corrected chi connectivity index (χ3v) is 8.06. The summed E-state index contributed by atoms with van der Waals surface area (Å²) >= 11 is 1.85. The Balaban J connectivity index is 1.75. The molecule has 26 heavy (non-hydrogen) atoms. The van der Waals surface area contributed by atoms with Crippen LogP contribution in [-0.4, -0.2) is 30.7 Å². The molecule has 1 aromatic rings. The summed E-state index contributed by atoms with van der Waals surface area (Å²) in [6, 6.07) is 3.00. The number of anilines is 1. The van der Waals surface area contributed by atoms with Gasteiger partial charge in [0.1, 0.15) is 0 Å². The lowest BCUT2D eigenvalue weighted by atomic mass is 9.90. The number of aryl methyl sites for hydroxylation is 1. The Morgan fingerprint density at radius 2 is 2.08 bits per heavy atom. The van der Waals surface area contributed by atoms with Gasteiger partial charge in [-0.1, -0.05) is 27.3 Å². The first-order chi connectivity index (χ1) is 12.3. The second kappa shape index (κ2) is 8.22. The van der Waals surface area contributed by atoms with Gasteiger partial charge in [-0.05, 0) is 72.0 Å². The van der Waals surface area contributed by atoms with Crippen molar-refractivity contribution in [1.82, 2.24) is 0 Å². The van der Waals surface area contributed by atoms with E-state index in [4.69, 9.17) is 4.74 Å². The van der Waals surface area contributed by atoms with Gasteiger partial charge in [0, 0.05) is 22.9 Å². The normalized spacial score (nSPS) is 26.9. The van der Waals surface area contributed by atoms with Crippen molar-refractivity contribution in [3.8, 4) is 11.8 Å². The van der Waals surface area contributed by atoms with Gasteiger partial charge in [-0.25, -0.2) is 0 Å². The Labute approximate surface area is 165 Å². The molecule has 0 amide bonds. The summed E-state index contributed by atoms with van der Waals surface area (Å²) in [5.74, 6) is 6.80. The molecular formula is C22H34NOPS. The minimum Gasteiger partial charge on any atom is -0.370 e. The van der Waals surface area contributed by atoms with Crippen LogP contribution in [-0.2, 0) is 4.74 Å². The van der Waals surface area contributed by atoms with Crippen molar-refractivity contribution in [2.24, 2.45) is 5.41 Å². The molecule has 1 spiro atoms. The van der Waals surface area contributed by atoms with E-state index in [1.807, 2.05) is 11.3 Å². The molecule has 2 aliphatic rings. The monoisotopic (exact) mass is 391 g/mol. The lowest BCUT2D eigenvalue weighted by Crippen LogP contribution is -2.42. The topological polar surface area (TPSA) is 12.5 Å². The number of nitrogens with zero attached hydrogens (tertiary/aromatic N) is 1. The van der Waals surface area contributed by atoms with E-state index >= 15 is 0 Å². The van der Waals surface area contributed by atoms with Crippen LogP contribution in [0.15, 0.2) is 6.07 Å².